The number of urea groups is 1. The molecule has 25 nitrogen and oxygen atoms in total. The molecule has 3 aliphatic heterocycles. The number of hydrogen-bond donors (Lipinski definition) is 5. The van der Waals surface area contributed by atoms with Crippen molar-refractivity contribution >= 4 is 103 Å². The van der Waals surface area contributed by atoms with Crippen molar-refractivity contribution in [1.82, 2.24) is 72.8 Å². The normalized spacial score (nSPS) is 18.8. The summed E-state index contributed by atoms with van der Waals surface area (Å²) in [5.74, 6) is 0. The summed E-state index contributed by atoms with van der Waals surface area (Å²) < 4.78 is 35.1. The Kier molecular flexibility index (Phi) is 23.0. The van der Waals surface area contributed by atoms with E-state index in [-0.39, 0.29) is 30.2 Å². The maximum Gasteiger partial charge on any atom is 0.410 e. The smallest absolute Gasteiger partial charge is 0.410 e. The molecular formula is C82H87Cl3N20O5S. The van der Waals surface area contributed by atoms with Gasteiger partial charge < -0.3 is 51.2 Å². The number of aromatic nitrogens is 9. The predicted molar refractivity (Wildman–Crippen MR) is 434 cm³/mol. The number of nitrogens with two attached hydrogens (primary N) is 3. The Morgan fingerprint density at radius 1 is 0.559 bits per heavy atom. The van der Waals surface area contributed by atoms with Crippen LogP contribution in [-0.4, -0.2) is 184 Å². The summed E-state index contributed by atoms with van der Waals surface area (Å²) >= 11 is 19.5. The molecule has 111 heavy (non-hydrogen) atoms. The molecule has 3 aliphatic carbocycles. The SMILES string of the molecule is CS(=O)(=O)N1CCN([C@H]2c3ccc(Cl)cc3C(C(N)c3cnc[nH]3)=Cc3cccnc32)CC1.Cn1cncc1C(N)C1=Cc2cccnc2[C@@H](N2CCN(C(=O)OC(C)(C)C)CC2)c2ccc(Cl)cc21.[C-]#[N+]c1ccc(NC(=O)N2CCN([C@H]3c4ccc(Cl)cc4C(C(N)c4cncn4C)=Cc4cccnc43)CC2)cc1. The average molecular weight is 1570 g/mol. The molecule has 6 aliphatic rings. The summed E-state index contributed by atoms with van der Waals surface area (Å²) in [6, 6.07) is 34.9. The number of piperazine rings is 3. The molecule has 3 fully saturated rings. The Balaban J connectivity index is 0.000000139. The lowest BCUT2D eigenvalue weighted by molar-refractivity contribution is 0.0117. The van der Waals surface area contributed by atoms with E-state index in [0.29, 0.717) is 105 Å². The molecule has 3 amide bonds. The number of sulfonamides is 1. The number of pyridine rings is 3. The van der Waals surface area contributed by atoms with Crippen LogP contribution < -0.4 is 22.5 Å². The molecule has 0 bridgehead atoms. The number of nitrogens with zero attached hydrogens (tertiary/aromatic N) is 15. The van der Waals surface area contributed by atoms with Crippen LogP contribution in [0, 0.1) is 6.57 Å². The summed E-state index contributed by atoms with van der Waals surface area (Å²) in [7, 11) is 0.663. The van der Waals surface area contributed by atoms with Crippen molar-refractivity contribution in [3.05, 3.63) is 282 Å². The molecule has 0 radical (unpaired) electrons. The van der Waals surface area contributed by atoms with Gasteiger partial charge in [-0.3, -0.25) is 29.7 Å². The molecule has 16 rings (SSSR count). The highest BCUT2D eigenvalue weighted by Gasteiger charge is 2.40. The first kappa shape index (κ1) is 77.5. The topological polar surface area (TPSA) is 294 Å². The first-order valence-corrected chi connectivity index (χ1v) is 39.6. The second-order valence-electron chi connectivity index (χ2n) is 29.2. The number of H-pyrrole nitrogens is 1. The lowest BCUT2D eigenvalue weighted by Gasteiger charge is -2.40. The molecule has 3 saturated heterocycles. The number of rotatable bonds is 11. The Bertz CT molecular complexity index is 5340. The average Bonchev–Trinajstić information content (AvgIpc) is 1.66. The number of carbonyl (C=O) groups is 2. The first-order valence-electron chi connectivity index (χ1n) is 36.6. The number of halogens is 3. The molecule has 572 valence electrons. The summed E-state index contributed by atoms with van der Waals surface area (Å²) in [6.07, 6.45) is 23.2. The third-order valence-electron chi connectivity index (χ3n) is 21.0. The van der Waals surface area contributed by atoms with Crippen molar-refractivity contribution in [2.75, 3.05) is 90.1 Å². The van der Waals surface area contributed by atoms with Gasteiger partial charge in [0, 0.05) is 138 Å². The maximum atomic E-state index is 13.0. The fraction of sp³-hybridized carbons (Fsp3) is 0.305. The largest absolute Gasteiger partial charge is 0.444 e. The van der Waals surface area contributed by atoms with Gasteiger partial charge in [0.1, 0.15) is 5.60 Å². The first-order chi connectivity index (χ1) is 53.4. The zero-order chi connectivity index (χ0) is 78.0. The minimum absolute atomic E-state index is 0.114. The fourth-order valence-corrected chi connectivity index (χ4v) is 16.8. The van der Waals surface area contributed by atoms with Crippen LogP contribution in [0.25, 0.3) is 39.8 Å². The van der Waals surface area contributed by atoms with Gasteiger partial charge in [-0.25, -0.2) is 37.8 Å². The lowest BCUT2D eigenvalue weighted by atomic mass is 9.90. The molecule has 6 aromatic heterocycles. The number of ether oxygens (including phenoxy) is 1. The van der Waals surface area contributed by atoms with Crippen LogP contribution in [-0.2, 0) is 28.9 Å². The fourth-order valence-electron chi connectivity index (χ4n) is 15.5. The van der Waals surface area contributed by atoms with Crippen LogP contribution in [0.1, 0.15) is 141 Å². The van der Waals surface area contributed by atoms with Gasteiger partial charge >= 0.3 is 12.1 Å². The van der Waals surface area contributed by atoms with Crippen molar-refractivity contribution in [2.24, 2.45) is 31.3 Å². The summed E-state index contributed by atoms with van der Waals surface area (Å²) in [6.45, 7) is 19.8. The molecular weight excluding hydrogens is 1480 g/mol. The maximum absolute atomic E-state index is 13.0. The van der Waals surface area contributed by atoms with Crippen LogP contribution in [0.15, 0.2) is 171 Å². The van der Waals surface area contributed by atoms with Crippen molar-refractivity contribution in [3.8, 4) is 0 Å². The Morgan fingerprint density at radius 2 is 0.964 bits per heavy atom. The highest BCUT2D eigenvalue weighted by atomic mass is 35.5. The minimum Gasteiger partial charge on any atom is -0.444 e. The molecule has 4 aromatic carbocycles. The number of aromatic amines is 1. The van der Waals surface area contributed by atoms with Gasteiger partial charge in [0.05, 0.1) is 115 Å². The van der Waals surface area contributed by atoms with Crippen LogP contribution in [0.4, 0.5) is 21.0 Å². The quantitative estimate of drug-likeness (QED) is 0.0752. The van der Waals surface area contributed by atoms with Crippen LogP contribution >= 0.6 is 34.8 Å². The molecule has 29 heteroatoms. The van der Waals surface area contributed by atoms with E-state index in [4.69, 9.17) is 78.3 Å². The number of amides is 3. The summed E-state index contributed by atoms with van der Waals surface area (Å²) in [4.78, 5) is 70.0. The van der Waals surface area contributed by atoms with Crippen molar-refractivity contribution in [1.29, 1.82) is 0 Å². The van der Waals surface area contributed by atoms with E-state index in [0.717, 1.165) is 101 Å². The number of imidazole rings is 3. The monoisotopic (exact) mass is 1570 g/mol. The number of hydrogen-bond acceptors (Lipinski definition) is 17. The minimum atomic E-state index is -3.22. The third-order valence-corrected chi connectivity index (χ3v) is 23.1. The number of carbonyl (C=O) groups excluding carboxylic acids is 2. The highest BCUT2D eigenvalue weighted by Crippen LogP contribution is 2.48. The van der Waals surface area contributed by atoms with Crippen molar-refractivity contribution < 1.29 is 22.7 Å². The molecule has 6 atom stereocenters. The van der Waals surface area contributed by atoms with E-state index in [1.807, 2.05) is 128 Å². The lowest BCUT2D eigenvalue weighted by Crippen LogP contribution is -2.51. The molecule has 8 N–H and O–H groups in total. The standard InChI is InChI=1S/C31H29ClN8O.C28H33ClN6O2.C23H25ClN6O2S/c1-34-22-6-8-23(9-7-22)37-31(41)40-14-12-39(13-15-40)30-24-10-5-21(32)17-25(24)26(16-20-4-3-11-36-29(20)30)28(33)27-18-35-19-38(27)2;1-28(2,3)37-27(36)35-12-10-34(11-13-35)26-20-8-7-19(29)15-21(20)22(14-18-6-5-9-32-25(18)26)24(30)23-16-31-17-33(23)4;1-33(31,32)30-9-7-29(8-10-30)23-17-5-4-16(24)12-18(17)19(21(25)20-13-26-14-28-20)11-15-3-2-6-27-22(15)23/h3-11,16-19,28,30H,12-15,33H2,2H3,(H,37,41);5-9,14-17,24,26H,10-13,30H2,1-4H3;2-6,11-14,21,23H,7-10,25H2,1H3,(H,26,28)/t28?,30-;24?,26-;21?,23-/m000/s1. The zero-order valence-corrected chi connectivity index (χ0v) is 65.5. The Morgan fingerprint density at radius 3 is 1.33 bits per heavy atom. The Hall–Kier alpha value is -10.3. The van der Waals surface area contributed by atoms with Crippen LogP contribution in [0.5, 0.6) is 0 Å². The zero-order valence-electron chi connectivity index (χ0n) is 62.4. The third kappa shape index (κ3) is 16.9. The van der Waals surface area contributed by atoms with Gasteiger partial charge in [-0.2, -0.15) is 4.31 Å². The predicted octanol–water partition coefficient (Wildman–Crippen LogP) is 12.9. The van der Waals surface area contributed by atoms with E-state index in [9.17, 15) is 18.0 Å². The molecule has 9 heterocycles. The number of anilines is 1. The molecule has 0 saturated carbocycles. The summed E-state index contributed by atoms with van der Waals surface area (Å²) in [5, 5.41) is 4.85. The summed E-state index contributed by atoms with van der Waals surface area (Å²) in [5.41, 5.74) is 38.6. The molecule has 0 spiro atoms. The van der Waals surface area contributed by atoms with Gasteiger partial charge in [-0.05, 0) is 173 Å². The second-order valence-corrected chi connectivity index (χ2v) is 32.5. The van der Waals surface area contributed by atoms with Crippen LogP contribution in [0.3, 0.4) is 0 Å². The van der Waals surface area contributed by atoms with E-state index >= 15 is 0 Å². The number of aryl methyl sites for hydroxylation is 2. The van der Waals surface area contributed by atoms with Gasteiger partial charge in [-0.15, -0.1) is 0 Å². The van der Waals surface area contributed by atoms with Crippen molar-refractivity contribution in [3.63, 3.8) is 0 Å². The highest BCUT2D eigenvalue weighted by molar-refractivity contribution is 7.88. The van der Waals surface area contributed by atoms with E-state index in [1.165, 1.54) is 10.6 Å². The molecule has 10 aromatic rings. The second kappa shape index (κ2) is 33.0. The van der Waals surface area contributed by atoms with E-state index in [2.05, 4.69) is 87.3 Å². The Labute approximate surface area is 660 Å². The van der Waals surface area contributed by atoms with Gasteiger partial charge in [0.25, 0.3) is 0 Å². The van der Waals surface area contributed by atoms with Gasteiger partial charge in [0.15, 0.2) is 5.69 Å². The van der Waals surface area contributed by atoms with E-state index in [1.54, 1.807) is 72.9 Å². The number of benzene rings is 4. The number of nitrogens with one attached hydrogen (secondary N) is 2. The van der Waals surface area contributed by atoms with E-state index < -0.39 is 33.7 Å². The van der Waals surface area contributed by atoms with Gasteiger partial charge in [0.2, 0.25) is 10.0 Å². The van der Waals surface area contributed by atoms with Gasteiger partial charge in [-0.1, -0.05) is 83.3 Å². The number of fused-ring (bicyclic) bond motifs is 6. The van der Waals surface area contributed by atoms with Crippen molar-refractivity contribution in [2.45, 2.75) is 62.6 Å². The van der Waals surface area contributed by atoms with Crippen LogP contribution in [0.2, 0.25) is 15.1 Å². The molecule has 3 unspecified atom stereocenters.